The van der Waals surface area contributed by atoms with Crippen LogP contribution in [-0.4, -0.2) is 16.6 Å². The number of Topliss-reactive ketones (excluding diaryl/α,β-unsaturated/α-hetero) is 1. The SMILES string of the molecule is CC(C)CCC1C(=O)C(Br)C(=O)OC1c1ccccc1. The van der Waals surface area contributed by atoms with Crippen LogP contribution in [0.25, 0.3) is 0 Å². The van der Waals surface area contributed by atoms with E-state index in [0.717, 1.165) is 18.4 Å². The Bertz CT molecular complexity index is 484. The third-order valence-electron chi connectivity index (χ3n) is 3.61. The minimum atomic E-state index is -0.820. The lowest BCUT2D eigenvalue weighted by Crippen LogP contribution is -2.42. The first-order chi connectivity index (χ1) is 9.50. The largest absolute Gasteiger partial charge is 0.456 e. The lowest BCUT2D eigenvalue weighted by Gasteiger charge is -2.33. The quantitative estimate of drug-likeness (QED) is 0.478. The number of benzene rings is 1. The fourth-order valence-electron chi connectivity index (χ4n) is 2.47. The lowest BCUT2D eigenvalue weighted by molar-refractivity contribution is -0.163. The fraction of sp³-hybridized carbons (Fsp3) is 0.500. The van der Waals surface area contributed by atoms with Gasteiger partial charge in [-0.15, -0.1) is 0 Å². The minimum Gasteiger partial charge on any atom is -0.456 e. The molecule has 1 fully saturated rings. The van der Waals surface area contributed by atoms with Gasteiger partial charge >= 0.3 is 5.97 Å². The Balaban J connectivity index is 2.25. The van der Waals surface area contributed by atoms with E-state index in [9.17, 15) is 9.59 Å². The number of carbonyl (C=O) groups is 2. The van der Waals surface area contributed by atoms with Gasteiger partial charge in [0, 0.05) is 0 Å². The third kappa shape index (κ3) is 3.29. The molecule has 0 aromatic heterocycles. The van der Waals surface area contributed by atoms with Crippen LogP contribution in [0, 0.1) is 11.8 Å². The molecule has 0 radical (unpaired) electrons. The molecule has 108 valence electrons. The number of ether oxygens (including phenoxy) is 1. The summed E-state index contributed by atoms with van der Waals surface area (Å²) in [6.07, 6.45) is 1.23. The van der Waals surface area contributed by atoms with Gasteiger partial charge < -0.3 is 4.74 Å². The Morgan fingerprint density at radius 3 is 2.45 bits per heavy atom. The van der Waals surface area contributed by atoms with E-state index in [1.54, 1.807) is 0 Å². The van der Waals surface area contributed by atoms with E-state index in [2.05, 4.69) is 29.8 Å². The van der Waals surface area contributed by atoms with Crippen LogP contribution in [0.1, 0.15) is 38.4 Å². The van der Waals surface area contributed by atoms with Crippen molar-refractivity contribution in [3.05, 3.63) is 35.9 Å². The van der Waals surface area contributed by atoms with Crippen molar-refractivity contribution in [1.82, 2.24) is 0 Å². The maximum Gasteiger partial charge on any atom is 0.328 e. The van der Waals surface area contributed by atoms with Crippen LogP contribution in [0.5, 0.6) is 0 Å². The molecule has 1 saturated heterocycles. The highest BCUT2D eigenvalue weighted by Crippen LogP contribution is 2.37. The summed E-state index contributed by atoms with van der Waals surface area (Å²) in [6.45, 7) is 4.25. The van der Waals surface area contributed by atoms with E-state index in [4.69, 9.17) is 4.74 Å². The van der Waals surface area contributed by atoms with Crippen molar-refractivity contribution >= 4 is 27.7 Å². The van der Waals surface area contributed by atoms with Gasteiger partial charge in [0.25, 0.3) is 0 Å². The number of ketones is 1. The molecule has 0 saturated carbocycles. The molecule has 3 atom stereocenters. The smallest absolute Gasteiger partial charge is 0.328 e. The summed E-state index contributed by atoms with van der Waals surface area (Å²) in [5.74, 6) is -0.284. The number of cyclic esters (lactones) is 1. The Hall–Kier alpha value is -1.16. The fourth-order valence-corrected chi connectivity index (χ4v) is 2.92. The molecule has 20 heavy (non-hydrogen) atoms. The van der Waals surface area contributed by atoms with Crippen LogP contribution in [0.4, 0.5) is 0 Å². The maximum absolute atomic E-state index is 12.4. The zero-order chi connectivity index (χ0) is 14.7. The van der Waals surface area contributed by atoms with E-state index in [-0.39, 0.29) is 11.7 Å². The van der Waals surface area contributed by atoms with Crippen molar-refractivity contribution < 1.29 is 14.3 Å². The molecular formula is C16H19BrO3. The van der Waals surface area contributed by atoms with Crippen LogP contribution in [-0.2, 0) is 14.3 Å². The van der Waals surface area contributed by atoms with Crippen LogP contribution in [0.2, 0.25) is 0 Å². The molecule has 0 aliphatic carbocycles. The predicted molar refractivity (Wildman–Crippen MR) is 80.6 cm³/mol. The topological polar surface area (TPSA) is 43.4 Å². The summed E-state index contributed by atoms with van der Waals surface area (Å²) in [4.78, 5) is 23.3. The highest BCUT2D eigenvalue weighted by molar-refractivity contribution is 9.10. The number of hydrogen-bond acceptors (Lipinski definition) is 3. The van der Waals surface area contributed by atoms with E-state index < -0.39 is 16.9 Å². The number of esters is 1. The van der Waals surface area contributed by atoms with Crippen molar-refractivity contribution in [2.45, 2.75) is 37.6 Å². The molecule has 1 heterocycles. The Morgan fingerprint density at radius 1 is 1.20 bits per heavy atom. The van der Waals surface area contributed by atoms with Crippen LogP contribution in [0.3, 0.4) is 0 Å². The zero-order valence-corrected chi connectivity index (χ0v) is 13.3. The highest BCUT2D eigenvalue weighted by Gasteiger charge is 2.44. The number of alkyl halides is 1. The summed E-state index contributed by atoms with van der Waals surface area (Å²) in [6, 6.07) is 9.51. The summed E-state index contributed by atoms with van der Waals surface area (Å²) < 4.78 is 5.49. The van der Waals surface area contributed by atoms with Gasteiger partial charge in [0.15, 0.2) is 10.6 Å². The second-order valence-corrected chi connectivity index (χ2v) is 6.53. The molecule has 1 aliphatic heterocycles. The molecule has 2 rings (SSSR count). The number of rotatable bonds is 4. The molecule has 3 nitrogen and oxygen atoms in total. The second-order valence-electron chi connectivity index (χ2n) is 5.61. The van der Waals surface area contributed by atoms with Crippen molar-refractivity contribution in [3.63, 3.8) is 0 Å². The molecular weight excluding hydrogens is 320 g/mol. The highest BCUT2D eigenvalue weighted by atomic mass is 79.9. The summed E-state index contributed by atoms with van der Waals surface area (Å²) in [5, 5.41) is 0. The van der Waals surface area contributed by atoms with Gasteiger partial charge in [-0.25, -0.2) is 0 Å². The standard InChI is InChI=1S/C16H19BrO3/c1-10(2)8-9-12-14(18)13(17)16(19)20-15(12)11-6-4-3-5-7-11/h3-7,10,12-13,15H,8-9H2,1-2H3. The molecule has 1 aromatic carbocycles. The monoisotopic (exact) mass is 338 g/mol. The van der Waals surface area contributed by atoms with Gasteiger partial charge in [-0.2, -0.15) is 0 Å². The first kappa shape index (κ1) is 15.2. The Morgan fingerprint density at radius 2 is 1.85 bits per heavy atom. The summed E-state index contributed by atoms with van der Waals surface area (Å²) >= 11 is 3.14. The van der Waals surface area contributed by atoms with Crippen LogP contribution >= 0.6 is 15.9 Å². The van der Waals surface area contributed by atoms with E-state index >= 15 is 0 Å². The summed E-state index contributed by atoms with van der Waals surface area (Å²) in [7, 11) is 0. The average Bonchev–Trinajstić information content (AvgIpc) is 2.44. The normalized spacial score (nSPS) is 26.7. The predicted octanol–water partition coefficient (Wildman–Crippen LogP) is 3.67. The molecule has 1 aliphatic rings. The third-order valence-corrected chi connectivity index (χ3v) is 4.44. The first-order valence-electron chi connectivity index (χ1n) is 6.94. The number of halogens is 1. The Kier molecular flexibility index (Phi) is 4.97. The van der Waals surface area contributed by atoms with Gasteiger partial charge in [0.05, 0.1) is 5.92 Å². The molecule has 0 spiro atoms. The number of carbonyl (C=O) groups excluding carboxylic acids is 2. The van der Waals surface area contributed by atoms with Gasteiger partial charge in [-0.3, -0.25) is 9.59 Å². The van der Waals surface area contributed by atoms with Gasteiger partial charge in [-0.1, -0.05) is 66.5 Å². The van der Waals surface area contributed by atoms with E-state index in [1.165, 1.54) is 0 Å². The second kappa shape index (κ2) is 6.53. The molecule has 3 unspecified atom stereocenters. The zero-order valence-electron chi connectivity index (χ0n) is 11.7. The molecule has 0 bridgehead atoms. The maximum atomic E-state index is 12.4. The van der Waals surface area contributed by atoms with Gasteiger partial charge in [-0.05, 0) is 17.9 Å². The van der Waals surface area contributed by atoms with Crippen molar-refractivity contribution in [3.8, 4) is 0 Å². The van der Waals surface area contributed by atoms with E-state index in [1.807, 2.05) is 30.3 Å². The van der Waals surface area contributed by atoms with Crippen molar-refractivity contribution in [2.24, 2.45) is 11.8 Å². The molecule has 4 heteroatoms. The average molecular weight is 339 g/mol. The van der Waals surface area contributed by atoms with Crippen LogP contribution in [0.15, 0.2) is 30.3 Å². The van der Waals surface area contributed by atoms with Gasteiger partial charge in [0.1, 0.15) is 6.10 Å². The van der Waals surface area contributed by atoms with Crippen molar-refractivity contribution in [1.29, 1.82) is 0 Å². The van der Waals surface area contributed by atoms with Crippen LogP contribution < -0.4 is 0 Å². The minimum absolute atomic E-state index is 0.0595. The summed E-state index contributed by atoms with van der Waals surface area (Å²) in [5.41, 5.74) is 0.891. The molecule has 0 amide bonds. The first-order valence-corrected chi connectivity index (χ1v) is 7.85. The van der Waals surface area contributed by atoms with Gasteiger partial charge in [0.2, 0.25) is 0 Å². The van der Waals surface area contributed by atoms with Crippen molar-refractivity contribution in [2.75, 3.05) is 0 Å². The molecule has 1 aromatic rings. The lowest BCUT2D eigenvalue weighted by atomic mass is 9.83. The van der Waals surface area contributed by atoms with E-state index in [0.29, 0.717) is 5.92 Å². The number of hydrogen-bond donors (Lipinski definition) is 0. The molecule has 0 N–H and O–H groups in total. The Labute approximate surface area is 127 Å².